The van der Waals surface area contributed by atoms with Gasteiger partial charge >= 0.3 is 0 Å². The lowest BCUT2D eigenvalue weighted by atomic mass is 10.2. The van der Waals surface area contributed by atoms with Crippen LogP contribution in [0.4, 0.5) is 0 Å². The molecule has 5 rings (SSSR count). The van der Waals surface area contributed by atoms with Crippen LogP contribution in [0.5, 0.6) is 0 Å². The Kier molecular flexibility index (Phi) is 2.66. The molecule has 0 atom stereocenters. The van der Waals surface area contributed by atoms with Gasteiger partial charge in [-0.2, -0.15) is 0 Å². The van der Waals surface area contributed by atoms with E-state index in [4.69, 9.17) is 9.97 Å². The molecule has 23 heavy (non-hydrogen) atoms. The standard InChI is InChI=1S/C19H11N3S/c1-3-7-14-12(5-1)9-10-15(21-14)16-11-20-18-13-6-2-4-8-17(13)23-19(18)22-16/h1-11H. The van der Waals surface area contributed by atoms with Crippen molar-refractivity contribution in [3.63, 3.8) is 0 Å². The zero-order chi connectivity index (χ0) is 15.2. The largest absolute Gasteiger partial charge is 0.251 e. The average Bonchev–Trinajstić information content (AvgIpc) is 2.99. The summed E-state index contributed by atoms with van der Waals surface area (Å²) >= 11 is 1.67. The van der Waals surface area contributed by atoms with Crippen molar-refractivity contribution >= 4 is 42.7 Å². The van der Waals surface area contributed by atoms with E-state index in [9.17, 15) is 0 Å². The summed E-state index contributed by atoms with van der Waals surface area (Å²) in [5, 5.41) is 2.30. The third-order valence-corrected chi connectivity index (χ3v) is 5.00. The minimum absolute atomic E-state index is 0.815. The highest BCUT2D eigenvalue weighted by Gasteiger charge is 2.10. The van der Waals surface area contributed by atoms with Crippen molar-refractivity contribution < 1.29 is 0 Å². The van der Waals surface area contributed by atoms with E-state index >= 15 is 0 Å². The van der Waals surface area contributed by atoms with Gasteiger partial charge in [-0.3, -0.25) is 4.98 Å². The number of nitrogens with zero attached hydrogens (tertiary/aromatic N) is 3. The number of rotatable bonds is 1. The van der Waals surface area contributed by atoms with Gasteiger partial charge in [0.2, 0.25) is 0 Å². The molecule has 0 aliphatic heterocycles. The van der Waals surface area contributed by atoms with Crippen LogP contribution < -0.4 is 0 Å². The number of pyridine rings is 1. The van der Waals surface area contributed by atoms with E-state index < -0.39 is 0 Å². The number of thiophene rings is 1. The summed E-state index contributed by atoms with van der Waals surface area (Å²) in [4.78, 5) is 15.1. The Morgan fingerprint density at radius 2 is 1.61 bits per heavy atom. The van der Waals surface area contributed by atoms with Crippen LogP contribution in [0.2, 0.25) is 0 Å². The van der Waals surface area contributed by atoms with E-state index in [2.05, 4.69) is 29.2 Å². The van der Waals surface area contributed by atoms with E-state index in [0.29, 0.717) is 0 Å². The molecule has 0 spiro atoms. The molecule has 0 aliphatic carbocycles. The van der Waals surface area contributed by atoms with Gasteiger partial charge in [0, 0.05) is 15.5 Å². The molecule has 0 fully saturated rings. The van der Waals surface area contributed by atoms with Crippen LogP contribution in [0, 0.1) is 0 Å². The monoisotopic (exact) mass is 313 g/mol. The molecule has 0 unspecified atom stereocenters. The lowest BCUT2D eigenvalue weighted by Crippen LogP contribution is -1.89. The Morgan fingerprint density at radius 1 is 0.739 bits per heavy atom. The Morgan fingerprint density at radius 3 is 2.61 bits per heavy atom. The molecule has 0 amide bonds. The fourth-order valence-corrected chi connectivity index (χ4v) is 3.85. The summed E-state index contributed by atoms with van der Waals surface area (Å²) in [6.07, 6.45) is 1.82. The number of fused-ring (bicyclic) bond motifs is 4. The number of hydrogen-bond donors (Lipinski definition) is 0. The third kappa shape index (κ3) is 1.99. The molecule has 3 nitrogen and oxygen atoms in total. The van der Waals surface area contributed by atoms with Gasteiger partial charge < -0.3 is 0 Å². The van der Waals surface area contributed by atoms with Gasteiger partial charge in [-0.15, -0.1) is 11.3 Å². The summed E-state index contributed by atoms with van der Waals surface area (Å²) < 4.78 is 1.21. The van der Waals surface area contributed by atoms with Crippen LogP contribution in [0.1, 0.15) is 0 Å². The van der Waals surface area contributed by atoms with Crippen LogP contribution in [-0.2, 0) is 0 Å². The molecule has 3 heterocycles. The molecule has 108 valence electrons. The lowest BCUT2D eigenvalue weighted by Gasteiger charge is -2.02. The van der Waals surface area contributed by atoms with Crippen molar-refractivity contribution in [1.29, 1.82) is 0 Å². The summed E-state index contributed by atoms with van der Waals surface area (Å²) in [6, 6.07) is 20.5. The first-order valence-corrected chi connectivity index (χ1v) is 8.21. The highest BCUT2D eigenvalue weighted by atomic mass is 32.1. The van der Waals surface area contributed by atoms with Gasteiger partial charge in [-0.05, 0) is 18.2 Å². The van der Waals surface area contributed by atoms with Crippen LogP contribution in [0.15, 0.2) is 66.9 Å². The maximum absolute atomic E-state index is 4.78. The summed E-state index contributed by atoms with van der Waals surface area (Å²) in [5.74, 6) is 0. The number of para-hydroxylation sites is 1. The van der Waals surface area contributed by atoms with Gasteiger partial charge in [-0.1, -0.05) is 42.5 Å². The van der Waals surface area contributed by atoms with Crippen molar-refractivity contribution in [2.45, 2.75) is 0 Å². The van der Waals surface area contributed by atoms with Gasteiger partial charge in [0.25, 0.3) is 0 Å². The Labute approximate surface area is 136 Å². The highest BCUT2D eigenvalue weighted by molar-refractivity contribution is 7.25. The molecular weight excluding hydrogens is 302 g/mol. The van der Waals surface area contributed by atoms with E-state index in [-0.39, 0.29) is 0 Å². The second-order valence-corrected chi connectivity index (χ2v) is 6.43. The van der Waals surface area contributed by atoms with Crippen molar-refractivity contribution in [3.8, 4) is 11.4 Å². The number of benzene rings is 2. The third-order valence-electron chi connectivity index (χ3n) is 3.95. The van der Waals surface area contributed by atoms with Crippen molar-refractivity contribution in [2.24, 2.45) is 0 Å². The second-order valence-electron chi connectivity index (χ2n) is 5.40. The molecule has 4 heteroatoms. The van der Waals surface area contributed by atoms with Crippen molar-refractivity contribution in [3.05, 3.63) is 66.9 Å². The van der Waals surface area contributed by atoms with E-state index in [1.807, 2.05) is 42.6 Å². The predicted molar refractivity (Wildman–Crippen MR) is 95.7 cm³/mol. The lowest BCUT2D eigenvalue weighted by molar-refractivity contribution is 1.27. The first-order chi connectivity index (χ1) is 11.4. The zero-order valence-electron chi connectivity index (χ0n) is 12.1. The highest BCUT2D eigenvalue weighted by Crippen LogP contribution is 2.32. The van der Waals surface area contributed by atoms with Crippen molar-refractivity contribution in [1.82, 2.24) is 15.0 Å². The molecule has 0 bridgehead atoms. The normalized spacial score (nSPS) is 11.5. The first kappa shape index (κ1) is 12.7. The molecule has 0 radical (unpaired) electrons. The van der Waals surface area contributed by atoms with Gasteiger partial charge in [-0.25, -0.2) is 9.97 Å². The second kappa shape index (κ2) is 4.83. The van der Waals surface area contributed by atoms with Gasteiger partial charge in [0.05, 0.1) is 17.4 Å². The minimum Gasteiger partial charge on any atom is -0.251 e. The average molecular weight is 313 g/mol. The number of hydrogen-bond acceptors (Lipinski definition) is 4. The molecule has 0 saturated carbocycles. The van der Waals surface area contributed by atoms with E-state index in [1.165, 1.54) is 4.70 Å². The fourth-order valence-electron chi connectivity index (χ4n) is 2.82. The van der Waals surface area contributed by atoms with Crippen molar-refractivity contribution in [2.75, 3.05) is 0 Å². The SMILES string of the molecule is c1ccc2nc(-c3cnc4c(n3)sc3ccccc34)ccc2c1. The number of aromatic nitrogens is 3. The molecule has 3 aromatic heterocycles. The predicted octanol–water partition coefficient (Wildman–Crippen LogP) is 5.06. The van der Waals surface area contributed by atoms with E-state index in [1.54, 1.807) is 11.3 Å². The van der Waals surface area contributed by atoms with Gasteiger partial charge in [0.1, 0.15) is 16.0 Å². The summed E-state index contributed by atoms with van der Waals surface area (Å²) in [6.45, 7) is 0. The topological polar surface area (TPSA) is 38.7 Å². The minimum atomic E-state index is 0.815. The first-order valence-electron chi connectivity index (χ1n) is 7.39. The quantitative estimate of drug-likeness (QED) is 0.434. The maximum atomic E-state index is 4.78. The summed E-state index contributed by atoms with van der Waals surface area (Å²) in [5.41, 5.74) is 3.61. The zero-order valence-corrected chi connectivity index (χ0v) is 12.9. The van der Waals surface area contributed by atoms with Crippen LogP contribution in [0.3, 0.4) is 0 Å². The molecule has 0 saturated heterocycles. The van der Waals surface area contributed by atoms with E-state index in [0.717, 1.165) is 38.0 Å². The smallest absolute Gasteiger partial charge is 0.143 e. The Hall–Kier alpha value is -2.85. The molecule has 0 N–H and O–H groups in total. The Bertz CT molecular complexity index is 1180. The molecular formula is C19H11N3S. The van der Waals surface area contributed by atoms with Crippen LogP contribution >= 0.6 is 11.3 Å². The molecule has 5 aromatic rings. The Balaban J connectivity index is 1.73. The van der Waals surface area contributed by atoms with Crippen LogP contribution in [-0.4, -0.2) is 15.0 Å². The van der Waals surface area contributed by atoms with Gasteiger partial charge in [0.15, 0.2) is 0 Å². The fraction of sp³-hybridized carbons (Fsp3) is 0. The molecule has 0 aliphatic rings. The van der Waals surface area contributed by atoms with Crippen LogP contribution in [0.25, 0.3) is 42.7 Å². The molecule has 2 aromatic carbocycles. The summed E-state index contributed by atoms with van der Waals surface area (Å²) in [7, 11) is 0. The maximum Gasteiger partial charge on any atom is 0.143 e.